The van der Waals surface area contributed by atoms with Gasteiger partial charge in [-0.1, -0.05) is 6.07 Å². The van der Waals surface area contributed by atoms with Crippen LogP contribution in [0.3, 0.4) is 0 Å². The zero-order chi connectivity index (χ0) is 22.8. The Bertz CT molecular complexity index is 1050. The van der Waals surface area contributed by atoms with Crippen molar-refractivity contribution < 1.29 is 23.4 Å². The molecule has 0 aliphatic carbocycles. The van der Waals surface area contributed by atoms with Gasteiger partial charge in [-0.05, 0) is 81.0 Å². The molecule has 8 heteroatoms. The number of halogens is 2. The van der Waals surface area contributed by atoms with Crippen LogP contribution < -0.4 is 4.74 Å². The van der Waals surface area contributed by atoms with Crippen LogP contribution in [-0.4, -0.2) is 39.9 Å². The number of hydrogen-bond donors (Lipinski definition) is 1. The molecule has 3 heterocycles. The fourth-order valence-electron chi connectivity index (χ4n) is 4.20. The molecule has 170 valence electrons. The smallest absolute Gasteiger partial charge is 0.269 e. The SMILES string of the molecule is CC1=NN(C2CCCCO2)C(O)C(C)=C1c1ccc(Oc2ncccc2C(F)F)cc1C. The number of aliphatic hydroxyl groups is 1. The Labute approximate surface area is 186 Å². The lowest BCUT2D eigenvalue weighted by molar-refractivity contribution is -0.137. The molecule has 32 heavy (non-hydrogen) atoms. The van der Waals surface area contributed by atoms with E-state index in [0.29, 0.717) is 12.4 Å². The third-order valence-electron chi connectivity index (χ3n) is 5.83. The molecule has 1 fully saturated rings. The molecular weight excluding hydrogens is 416 g/mol. The Morgan fingerprint density at radius 2 is 2.00 bits per heavy atom. The van der Waals surface area contributed by atoms with Crippen molar-refractivity contribution in [3.05, 3.63) is 58.8 Å². The van der Waals surface area contributed by atoms with Crippen molar-refractivity contribution in [1.82, 2.24) is 9.99 Å². The molecule has 0 radical (unpaired) electrons. The van der Waals surface area contributed by atoms with E-state index < -0.39 is 12.7 Å². The molecule has 2 unspecified atom stereocenters. The Balaban J connectivity index is 1.60. The van der Waals surface area contributed by atoms with Gasteiger partial charge in [0.15, 0.2) is 6.23 Å². The molecule has 2 aliphatic heterocycles. The average Bonchev–Trinajstić information content (AvgIpc) is 2.78. The van der Waals surface area contributed by atoms with Crippen molar-refractivity contribution in [2.45, 2.75) is 58.9 Å². The second-order valence-electron chi connectivity index (χ2n) is 8.10. The number of pyridine rings is 1. The minimum absolute atomic E-state index is 0.112. The first-order chi connectivity index (χ1) is 15.4. The Morgan fingerprint density at radius 1 is 1.19 bits per heavy atom. The van der Waals surface area contributed by atoms with Gasteiger partial charge in [0.2, 0.25) is 5.88 Å². The highest BCUT2D eigenvalue weighted by Crippen LogP contribution is 2.36. The number of hydrogen-bond acceptors (Lipinski definition) is 6. The van der Waals surface area contributed by atoms with E-state index in [0.717, 1.165) is 47.2 Å². The van der Waals surface area contributed by atoms with Crippen LogP contribution in [0.4, 0.5) is 8.78 Å². The normalized spacial score (nSPS) is 21.7. The average molecular weight is 443 g/mol. The number of nitrogens with zero attached hydrogens (tertiary/aromatic N) is 3. The number of allylic oxidation sites excluding steroid dienone is 1. The van der Waals surface area contributed by atoms with Crippen LogP contribution in [0.15, 0.2) is 47.2 Å². The lowest BCUT2D eigenvalue weighted by atomic mass is 9.91. The highest BCUT2D eigenvalue weighted by atomic mass is 19.3. The molecule has 1 N–H and O–H groups in total. The summed E-state index contributed by atoms with van der Waals surface area (Å²) in [7, 11) is 0. The number of rotatable bonds is 5. The van der Waals surface area contributed by atoms with Gasteiger partial charge in [-0.3, -0.25) is 0 Å². The first-order valence-electron chi connectivity index (χ1n) is 10.7. The van der Waals surface area contributed by atoms with Gasteiger partial charge in [0.1, 0.15) is 12.0 Å². The lowest BCUT2D eigenvalue weighted by Gasteiger charge is -2.39. The van der Waals surface area contributed by atoms with Crippen LogP contribution in [0.5, 0.6) is 11.6 Å². The number of benzene rings is 1. The van der Waals surface area contributed by atoms with Gasteiger partial charge in [0, 0.05) is 18.4 Å². The summed E-state index contributed by atoms with van der Waals surface area (Å²) in [6.07, 6.45) is 0.525. The third-order valence-corrected chi connectivity index (χ3v) is 5.83. The Kier molecular flexibility index (Phi) is 6.53. The van der Waals surface area contributed by atoms with Gasteiger partial charge in [-0.15, -0.1) is 0 Å². The van der Waals surface area contributed by atoms with E-state index in [1.165, 1.54) is 18.3 Å². The van der Waals surface area contributed by atoms with Gasteiger partial charge in [0.25, 0.3) is 6.43 Å². The molecule has 0 bridgehead atoms. The maximum atomic E-state index is 13.2. The fourth-order valence-corrected chi connectivity index (χ4v) is 4.20. The van der Waals surface area contributed by atoms with Crippen molar-refractivity contribution in [3.8, 4) is 11.6 Å². The number of ether oxygens (including phenoxy) is 2. The summed E-state index contributed by atoms with van der Waals surface area (Å²) >= 11 is 0. The van der Waals surface area contributed by atoms with Crippen LogP contribution in [0.2, 0.25) is 0 Å². The van der Waals surface area contributed by atoms with Gasteiger partial charge < -0.3 is 14.6 Å². The predicted molar refractivity (Wildman–Crippen MR) is 118 cm³/mol. The molecule has 1 saturated heterocycles. The van der Waals surface area contributed by atoms with E-state index in [9.17, 15) is 13.9 Å². The van der Waals surface area contributed by atoms with Gasteiger partial charge in [-0.25, -0.2) is 18.8 Å². The van der Waals surface area contributed by atoms with E-state index in [4.69, 9.17) is 9.47 Å². The number of aromatic nitrogens is 1. The molecule has 2 aromatic rings. The summed E-state index contributed by atoms with van der Waals surface area (Å²) in [5, 5.41) is 17.2. The van der Waals surface area contributed by atoms with Crippen molar-refractivity contribution in [2.24, 2.45) is 5.10 Å². The van der Waals surface area contributed by atoms with Crippen LogP contribution in [0.1, 0.15) is 56.2 Å². The van der Waals surface area contributed by atoms with Crippen LogP contribution >= 0.6 is 0 Å². The zero-order valence-electron chi connectivity index (χ0n) is 18.4. The van der Waals surface area contributed by atoms with E-state index in [2.05, 4.69) is 10.1 Å². The highest BCUT2D eigenvalue weighted by molar-refractivity contribution is 6.24. The number of aliphatic hydroxyl groups excluding tert-OH is 1. The maximum absolute atomic E-state index is 13.2. The molecule has 2 atom stereocenters. The molecule has 0 amide bonds. The van der Waals surface area contributed by atoms with E-state index >= 15 is 0 Å². The van der Waals surface area contributed by atoms with Crippen LogP contribution in [0.25, 0.3) is 5.57 Å². The van der Waals surface area contributed by atoms with Crippen molar-refractivity contribution in [2.75, 3.05) is 6.61 Å². The van der Waals surface area contributed by atoms with Crippen LogP contribution in [0, 0.1) is 6.92 Å². The molecular formula is C24H27F2N3O3. The molecule has 4 rings (SSSR count). The van der Waals surface area contributed by atoms with Gasteiger partial charge in [-0.2, -0.15) is 5.10 Å². The topological polar surface area (TPSA) is 67.2 Å². The third kappa shape index (κ3) is 4.38. The van der Waals surface area contributed by atoms with Gasteiger partial charge in [0.05, 0.1) is 11.3 Å². The molecule has 0 spiro atoms. The van der Waals surface area contributed by atoms with Crippen molar-refractivity contribution >= 4 is 11.3 Å². The molecule has 6 nitrogen and oxygen atoms in total. The van der Waals surface area contributed by atoms with Crippen LogP contribution in [-0.2, 0) is 4.74 Å². The predicted octanol–water partition coefficient (Wildman–Crippen LogP) is 5.43. The molecule has 2 aliphatic rings. The summed E-state index contributed by atoms with van der Waals surface area (Å²) in [4.78, 5) is 3.94. The number of hydrazone groups is 1. The minimum atomic E-state index is -2.68. The number of aryl methyl sites for hydroxylation is 1. The zero-order valence-corrected chi connectivity index (χ0v) is 18.4. The second-order valence-corrected chi connectivity index (χ2v) is 8.10. The molecule has 1 aromatic heterocycles. The lowest BCUT2D eigenvalue weighted by Crippen LogP contribution is -2.46. The number of alkyl halides is 2. The standard InChI is InChI=1S/C24H27F2N3O3/c1-14-13-17(32-23-19(22(25)26)7-6-11-27-23)9-10-18(14)21-15(2)24(30)29(28-16(21)3)20-8-4-5-12-31-20/h6-7,9-11,13,20,22,24,30H,4-5,8,12H2,1-3H3. The Hall–Kier alpha value is -2.84. The highest BCUT2D eigenvalue weighted by Gasteiger charge is 2.33. The van der Waals surface area contributed by atoms with Crippen molar-refractivity contribution in [3.63, 3.8) is 0 Å². The Morgan fingerprint density at radius 3 is 2.69 bits per heavy atom. The van der Waals surface area contributed by atoms with Gasteiger partial charge >= 0.3 is 0 Å². The first kappa shape index (κ1) is 22.4. The summed E-state index contributed by atoms with van der Waals surface area (Å²) in [6, 6.07) is 8.09. The van der Waals surface area contributed by atoms with Crippen molar-refractivity contribution in [1.29, 1.82) is 0 Å². The fraction of sp³-hybridized carbons (Fsp3) is 0.417. The summed E-state index contributed by atoms with van der Waals surface area (Å²) < 4.78 is 37.9. The maximum Gasteiger partial charge on any atom is 0.269 e. The quantitative estimate of drug-likeness (QED) is 0.668. The molecule has 1 aromatic carbocycles. The molecule has 0 saturated carbocycles. The summed E-state index contributed by atoms with van der Waals surface area (Å²) in [5.74, 6) is 0.298. The second kappa shape index (κ2) is 9.34. The van der Waals surface area contributed by atoms with E-state index in [1.807, 2.05) is 26.8 Å². The van der Waals surface area contributed by atoms with E-state index in [-0.39, 0.29) is 17.7 Å². The summed E-state index contributed by atoms with van der Waals surface area (Å²) in [6.45, 7) is 6.38. The largest absolute Gasteiger partial charge is 0.439 e. The monoisotopic (exact) mass is 443 g/mol. The minimum Gasteiger partial charge on any atom is -0.439 e. The van der Waals surface area contributed by atoms with E-state index in [1.54, 1.807) is 17.1 Å². The first-order valence-corrected chi connectivity index (χ1v) is 10.7. The summed E-state index contributed by atoms with van der Waals surface area (Å²) in [5.41, 5.74) is 3.94.